The van der Waals surface area contributed by atoms with Crippen molar-refractivity contribution in [2.75, 3.05) is 0 Å². The second-order valence-corrected chi connectivity index (χ2v) is 7.06. The van der Waals surface area contributed by atoms with E-state index in [1.807, 2.05) is 0 Å². The Morgan fingerprint density at radius 3 is 2.23 bits per heavy atom. The van der Waals surface area contributed by atoms with E-state index in [4.69, 9.17) is 4.42 Å². The second kappa shape index (κ2) is 7.93. The summed E-state index contributed by atoms with van der Waals surface area (Å²) in [5.74, 6) is -1.65. The molecule has 0 bridgehead atoms. The van der Waals surface area contributed by atoms with Crippen LogP contribution in [0.15, 0.2) is 52.0 Å². The largest absolute Gasteiger partial charge is 0.459 e. The normalized spacial score (nSPS) is 12.2. The number of carbonyl (C=O) groups excluding carboxylic acids is 3. The highest BCUT2D eigenvalue weighted by Gasteiger charge is 2.22. The summed E-state index contributed by atoms with van der Waals surface area (Å²) in [7, 11) is -3.98. The van der Waals surface area contributed by atoms with Gasteiger partial charge in [-0.1, -0.05) is 12.1 Å². The Kier molecular flexibility index (Phi) is 5.90. The minimum absolute atomic E-state index is 0.0101. The van der Waals surface area contributed by atoms with E-state index in [0.29, 0.717) is 5.56 Å². The molecule has 0 aliphatic carbocycles. The van der Waals surface area contributed by atoms with Crippen LogP contribution in [0.2, 0.25) is 0 Å². The molecule has 9 nitrogen and oxygen atoms in total. The number of nitrogens with one attached hydrogen (secondary N) is 3. The fraction of sp³-hybridized carbons (Fsp3) is 0.188. The molecule has 26 heavy (non-hydrogen) atoms. The summed E-state index contributed by atoms with van der Waals surface area (Å²) in [6.07, 6.45) is 1.30. The first-order valence-electron chi connectivity index (χ1n) is 7.48. The van der Waals surface area contributed by atoms with Gasteiger partial charge in [-0.25, -0.2) is 8.42 Å². The Hall–Kier alpha value is -2.98. The quantitative estimate of drug-likeness (QED) is 0.497. The molecule has 2 aromatic rings. The molecule has 0 saturated carbocycles. The van der Waals surface area contributed by atoms with Crippen LogP contribution in [-0.2, 0) is 14.8 Å². The van der Waals surface area contributed by atoms with E-state index in [1.165, 1.54) is 56.5 Å². The zero-order valence-corrected chi connectivity index (χ0v) is 14.8. The zero-order chi connectivity index (χ0) is 19.3. The molecule has 0 saturated heterocycles. The Labute approximate surface area is 149 Å². The molecular weight excluding hydrogens is 362 g/mol. The van der Waals surface area contributed by atoms with Crippen molar-refractivity contribution in [3.8, 4) is 0 Å². The van der Waals surface area contributed by atoms with Gasteiger partial charge in [0.1, 0.15) is 0 Å². The number of rotatable bonds is 6. The van der Waals surface area contributed by atoms with Gasteiger partial charge in [-0.05, 0) is 38.1 Å². The number of ketones is 1. The monoisotopic (exact) mass is 379 g/mol. The van der Waals surface area contributed by atoms with Gasteiger partial charge in [0, 0.05) is 5.56 Å². The molecule has 138 valence electrons. The standard InChI is InChI=1S/C16H17N3O6S/c1-10(15(21)17-18-16(22)14-4-3-9-25-14)19-26(23,24)13-7-5-12(6-8-13)11(2)20/h3-10,19H,1-2H3,(H,17,21)(H,18,22)/t10-/m0/s1. The lowest BCUT2D eigenvalue weighted by Gasteiger charge is -2.14. The fourth-order valence-corrected chi connectivity index (χ4v) is 3.12. The summed E-state index contributed by atoms with van der Waals surface area (Å²) in [5, 5.41) is 0. The van der Waals surface area contributed by atoms with Crippen molar-refractivity contribution in [2.24, 2.45) is 0 Å². The Bertz CT molecular complexity index is 904. The van der Waals surface area contributed by atoms with Crippen molar-refractivity contribution >= 4 is 27.6 Å². The minimum Gasteiger partial charge on any atom is -0.459 e. The van der Waals surface area contributed by atoms with Crippen LogP contribution in [0.1, 0.15) is 34.8 Å². The number of hydrogen-bond acceptors (Lipinski definition) is 6. The highest BCUT2D eigenvalue weighted by Crippen LogP contribution is 2.11. The van der Waals surface area contributed by atoms with Crippen LogP contribution < -0.4 is 15.6 Å². The van der Waals surface area contributed by atoms with Gasteiger partial charge in [-0.3, -0.25) is 25.2 Å². The first-order valence-corrected chi connectivity index (χ1v) is 8.96. The maximum atomic E-state index is 12.3. The van der Waals surface area contributed by atoms with Crippen LogP contribution in [0.4, 0.5) is 0 Å². The van der Waals surface area contributed by atoms with Crippen molar-refractivity contribution < 1.29 is 27.2 Å². The van der Waals surface area contributed by atoms with Crippen LogP contribution in [0, 0.1) is 0 Å². The summed E-state index contributed by atoms with van der Waals surface area (Å²) < 4.78 is 31.6. The van der Waals surface area contributed by atoms with Crippen molar-refractivity contribution in [1.29, 1.82) is 0 Å². The number of sulfonamides is 1. The predicted octanol–water partition coefficient (Wildman–Crippen LogP) is 0.610. The van der Waals surface area contributed by atoms with Crippen molar-refractivity contribution in [2.45, 2.75) is 24.8 Å². The molecule has 1 aromatic carbocycles. The van der Waals surface area contributed by atoms with E-state index in [-0.39, 0.29) is 16.4 Å². The summed E-state index contributed by atoms with van der Waals surface area (Å²) in [4.78, 5) is 34.7. The van der Waals surface area contributed by atoms with Gasteiger partial charge in [0.2, 0.25) is 10.0 Å². The zero-order valence-electron chi connectivity index (χ0n) is 14.0. The third-order valence-corrected chi connectivity index (χ3v) is 4.90. The number of benzene rings is 1. The number of furan rings is 1. The minimum atomic E-state index is -3.98. The maximum absolute atomic E-state index is 12.3. The summed E-state index contributed by atoms with van der Waals surface area (Å²) in [5.41, 5.74) is 4.58. The second-order valence-electron chi connectivity index (χ2n) is 5.34. The Balaban J connectivity index is 1.96. The summed E-state index contributed by atoms with van der Waals surface area (Å²) in [6.45, 7) is 2.68. The number of carbonyl (C=O) groups is 3. The van der Waals surface area contributed by atoms with Gasteiger partial charge >= 0.3 is 5.91 Å². The van der Waals surface area contributed by atoms with Gasteiger partial charge in [0.05, 0.1) is 17.2 Å². The third-order valence-electron chi connectivity index (χ3n) is 3.34. The molecule has 0 radical (unpaired) electrons. The Morgan fingerprint density at radius 1 is 1.04 bits per heavy atom. The molecule has 0 spiro atoms. The average Bonchev–Trinajstić information content (AvgIpc) is 3.13. The number of hydrazine groups is 1. The maximum Gasteiger partial charge on any atom is 0.305 e. The summed E-state index contributed by atoms with van der Waals surface area (Å²) in [6, 6.07) is 7.04. The molecule has 10 heteroatoms. The van der Waals surface area contributed by atoms with E-state index in [9.17, 15) is 22.8 Å². The first kappa shape index (κ1) is 19.3. The van der Waals surface area contributed by atoms with Gasteiger partial charge in [0.25, 0.3) is 5.91 Å². The fourth-order valence-electron chi connectivity index (χ4n) is 1.92. The number of amides is 2. The van der Waals surface area contributed by atoms with Gasteiger partial charge in [0.15, 0.2) is 11.5 Å². The molecule has 1 aromatic heterocycles. The van der Waals surface area contributed by atoms with Crippen LogP contribution in [0.25, 0.3) is 0 Å². The molecule has 0 aliphatic heterocycles. The van der Waals surface area contributed by atoms with E-state index in [0.717, 1.165) is 0 Å². The molecule has 0 unspecified atom stereocenters. The van der Waals surface area contributed by atoms with Crippen molar-refractivity contribution in [3.05, 3.63) is 54.0 Å². The third kappa shape index (κ3) is 4.77. The Morgan fingerprint density at radius 2 is 1.69 bits per heavy atom. The molecular formula is C16H17N3O6S. The average molecular weight is 379 g/mol. The van der Waals surface area contributed by atoms with E-state index < -0.39 is 27.9 Å². The lowest BCUT2D eigenvalue weighted by molar-refractivity contribution is -0.123. The van der Waals surface area contributed by atoms with E-state index >= 15 is 0 Å². The molecule has 3 N–H and O–H groups in total. The molecule has 2 amide bonds. The van der Waals surface area contributed by atoms with Crippen LogP contribution in [0.5, 0.6) is 0 Å². The van der Waals surface area contributed by atoms with Crippen molar-refractivity contribution in [3.63, 3.8) is 0 Å². The smallest absolute Gasteiger partial charge is 0.305 e. The van der Waals surface area contributed by atoms with Gasteiger partial charge in [-0.15, -0.1) is 0 Å². The highest BCUT2D eigenvalue weighted by molar-refractivity contribution is 7.89. The van der Waals surface area contributed by atoms with Crippen LogP contribution in [-0.4, -0.2) is 32.1 Å². The highest BCUT2D eigenvalue weighted by atomic mass is 32.2. The number of Topliss-reactive ketones (excluding diaryl/α,β-unsaturated/α-hetero) is 1. The van der Waals surface area contributed by atoms with Crippen molar-refractivity contribution in [1.82, 2.24) is 15.6 Å². The lowest BCUT2D eigenvalue weighted by atomic mass is 10.2. The first-order chi connectivity index (χ1) is 12.2. The van der Waals surface area contributed by atoms with Gasteiger partial charge in [-0.2, -0.15) is 4.72 Å². The molecule has 1 atom stereocenters. The van der Waals surface area contributed by atoms with Crippen LogP contribution >= 0.6 is 0 Å². The van der Waals surface area contributed by atoms with Crippen LogP contribution in [0.3, 0.4) is 0 Å². The number of hydrogen-bond donors (Lipinski definition) is 3. The van der Waals surface area contributed by atoms with Gasteiger partial charge < -0.3 is 4.42 Å². The molecule has 0 aliphatic rings. The molecule has 2 rings (SSSR count). The van der Waals surface area contributed by atoms with E-state index in [2.05, 4.69) is 15.6 Å². The van der Waals surface area contributed by atoms with E-state index in [1.54, 1.807) is 0 Å². The molecule has 1 heterocycles. The SMILES string of the molecule is CC(=O)c1ccc(S(=O)(=O)N[C@@H](C)C(=O)NNC(=O)c2ccco2)cc1. The topological polar surface area (TPSA) is 135 Å². The lowest BCUT2D eigenvalue weighted by Crippen LogP contribution is -2.50. The molecule has 0 fully saturated rings. The summed E-state index contributed by atoms with van der Waals surface area (Å²) >= 11 is 0. The predicted molar refractivity (Wildman–Crippen MR) is 90.5 cm³/mol.